The summed E-state index contributed by atoms with van der Waals surface area (Å²) in [6, 6.07) is 6.61. The number of nitrogens with one attached hydrogen (secondary N) is 1. The van der Waals surface area contributed by atoms with Gasteiger partial charge in [0.15, 0.2) is 11.5 Å². The molecule has 2 rings (SSSR count). The minimum absolute atomic E-state index is 0. The number of para-hydroxylation sites is 1. The highest BCUT2D eigenvalue weighted by Gasteiger charge is 2.18. The average Bonchev–Trinajstić information content (AvgIpc) is 2.38. The SMILES string of the molecule is COc1cccc(CN2CCN[C@H](C)C2)c1OC.Cl. The highest BCUT2D eigenvalue weighted by Crippen LogP contribution is 2.31. The van der Waals surface area contributed by atoms with E-state index in [1.807, 2.05) is 12.1 Å². The number of nitrogens with zero attached hydrogens (tertiary/aromatic N) is 1. The first-order valence-corrected chi connectivity index (χ1v) is 6.40. The lowest BCUT2D eigenvalue weighted by Gasteiger charge is -2.32. The van der Waals surface area contributed by atoms with Crippen LogP contribution >= 0.6 is 12.4 Å². The van der Waals surface area contributed by atoms with Gasteiger partial charge in [0.1, 0.15) is 0 Å². The number of benzene rings is 1. The van der Waals surface area contributed by atoms with E-state index in [9.17, 15) is 0 Å². The molecule has 1 aromatic carbocycles. The van der Waals surface area contributed by atoms with Crippen molar-refractivity contribution in [3.05, 3.63) is 23.8 Å². The number of hydrogen-bond donors (Lipinski definition) is 1. The van der Waals surface area contributed by atoms with E-state index >= 15 is 0 Å². The molecule has 108 valence electrons. The van der Waals surface area contributed by atoms with E-state index in [1.165, 1.54) is 5.56 Å². The Kier molecular flexibility index (Phi) is 6.42. The van der Waals surface area contributed by atoms with Crippen LogP contribution in [-0.2, 0) is 6.54 Å². The predicted octanol–water partition coefficient (Wildman–Crippen LogP) is 1.92. The molecule has 0 bridgehead atoms. The number of rotatable bonds is 4. The fourth-order valence-corrected chi connectivity index (χ4v) is 2.47. The van der Waals surface area contributed by atoms with Crippen LogP contribution in [0.15, 0.2) is 18.2 Å². The molecule has 1 heterocycles. The van der Waals surface area contributed by atoms with Gasteiger partial charge in [-0.1, -0.05) is 12.1 Å². The Balaban J connectivity index is 0.00000180. The predicted molar refractivity (Wildman–Crippen MR) is 79.5 cm³/mol. The highest BCUT2D eigenvalue weighted by atomic mass is 35.5. The first-order chi connectivity index (χ1) is 8.74. The quantitative estimate of drug-likeness (QED) is 0.917. The Hall–Kier alpha value is -0.970. The second-order valence-corrected chi connectivity index (χ2v) is 4.74. The normalized spacial score (nSPS) is 19.6. The number of hydrogen-bond acceptors (Lipinski definition) is 4. The van der Waals surface area contributed by atoms with Crippen molar-refractivity contribution >= 4 is 12.4 Å². The molecule has 0 spiro atoms. The summed E-state index contributed by atoms with van der Waals surface area (Å²) < 4.78 is 10.8. The molecule has 0 aliphatic carbocycles. The zero-order valence-electron chi connectivity index (χ0n) is 11.8. The molecule has 1 fully saturated rings. The fourth-order valence-electron chi connectivity index (χ4n) is 2.47. The Morgan fingerprint density at radius 3 is 2.74 bits per heavy atom. The van der Waals surface area contributed by atoms with Gasteiger partial charge in [-0.3, -0.25) is 4.90 Å². The van der Waals surface area contributed by atoms with Crippen molar-refractivity contribution in [1.82, 2.24) is 10.2 Å². The summed E-state index contributed by atoms with van der Waals surface area (Å²) >= 11 is 0. The molecule has 1 N–H and O–H groups in total. The molecule has 5 heteroatoms. The molecule has 1 atom stereocenters. The summed E-state index contributed by atoms with van der Waals surface area (Å²) in [7, 11) is 3.37. The summed E-state index contributed by atoms with van der Waals surface area (Å²) in [6.45, 7) is 6.32. The first kappa shape index (κ1) is 16.1. The molecule has 0 aromatic heterocycles. The van der Waals surface area contributed by atoms with E-state index < -0.39 is 0 Å². The van der Waals surface area contributed by atoms with Crippen LogP contribution in [0.3, 0.4) is 0 Å². The smallest absolute Gasteiger partial charge is 0.165 e. The summed E-state index contributed by atoms with van der Waals surface area (Å²) in [4.78, 5) is 2.44. The van der Waals surface area contributed by atoms with Crippen LogP contribution in [0.5, 0.6) is 11.5 Å². The van der Waals surface area contributed by atoms with E-state index in [1.54, 1.807) is 14.2 Å². The zero-order chi connectivity index (χ0) is 13.0. The minimum Gasteiger partial charge on any atom is -0.493 e. The van der Waals surface area contributed by atoms with Crippen LogP contribution in [0.4, 0.5) is 0 Å². The molecule has 1 aliphatic heterocycles. The third kappa shape index (κ3) is 4.00. The van der Waals surface area contributed by atoms with E-state index in [-0.39, 0.29) is 12.4 Å². The van der Waals surface area contributed by atoms with Gasteiger partial charge in [0.2, 0.25) is 0 Å². The van der Waals surface area contributed by atoms with Crippen molar-refractivity contribution in [2.45, 2.75) is 19.5 Å². The lowest BCUT2D eigenvalue weighted by Crippen LogP contribution is -2.48. The van der Waals surface area contributed by atoms with Crippen molar-refractivity contribution in [1.29, 1.82) is 0 Å². The average molecular weight is 287 g/mol. The van der Waals surface area contributed by atoms with Gasteiger partial charge >= 0.3 is 0 Å². The Morgan fingerprint density at radius 1 is 1.32 bits per heavy atom. The Morgan fingerprint density at radius 2 is 2.11 bits per heavy atom. The van der Waals surface area contributed by atoms with Gasteiger partial charge in [0, 0.05) is 37.8 Å². The molecule has 1 saturated heterocycles. The van der Waals surface area contributed by atoms with Crippen LogP contribution in [0.25, 0.3) is 0 Å². The van der Waals surface area contributed by atoms with Crippen LogP contribution in [0.1, 0.15) is 12.5 Å². The van der Waals surface area contributed by atoms with Gasteiger partial charge in [-0.25, -0.2) is 0 Å². The third-order valence-electron chi connectivity index (χ3n) is 3.33. The molecule has 0 saturated carbocycles. The molecule has 0 amide bonds. The van der Waals surface area contributed by atoms with E-state index in [0.717, 1.165) is 37.7 Å². The van der Waals surface area contributed by atoms with Crippen LogP contribution < -0.4 is 14.8 Å². The summed E-state index contributed by atoms with van der Waals surface area (Å²) in [6.07, 6.45) is 0. The zero-order valence-corrected chi connectivity index (χ0v) is 12.6. The second kappa shape index (κ2) is 7.58. The number of ether oxygens (including phenoxy) is 2. The minimum atomic E-state index is 0. The first-order valence-electron chi connectivity index (χ1n) is 6.40. The summed E-state index contributed by atoms with van der Waals surface area (Å²) in [5.41, 5.74) is 1.19. The van der Waals surface area contributed by atoms with Gasteiger partial charge in [0.25, 0.3) is 0 Å². The highest BCUT2D eigenvalue weighted by molar-refractivity contribution is 5.85. The standard InChI is InChI=1S/C14H22N2O2.ClH/c1-11-9-16(8-7-15-11)10-12-5-4-6-13(17-2)14(12)18-3;/h4-6,11,15H,7-10H2,1-3H3;1H/t11-;/m1./s1. The van der Waals surface area contributed by atoms with Gasteiger partial charge in [-0.2, -0.15) is 0 Å². The van der Waals surface area contributed by atoms with Crippen molar-refractivity contribution in [2.24, 2.45) is 0 Å². The van der Waals surface area contributed by atoms with Crippen LogP contribution in [0.2, 0.25) is 0 Å². The molecule has 1 aromatic rings. The van der Waals surface area contributed by atoms with Crippen molar-refractivity contribution in [3.63, 3.8) is 0 Å². The van der Waals surface area contributed by atoms with Crippen molar-refractivity contribution in [3.8, 4) is 11.5 Å². The summed E-state index contributed by atoms with van der Waals surface area (Å²) in [5.74, 6) is 1.66. The Labute approximate surface area is 121 Å². The molecule has 19 heavy (non-hydrogen) atoms. The van der Waals surface area contributed by atoms with Crippen LogP contribution in [-0.4, -0.2) is 44.8 Å². The molecular formula is C14H23ClN2O2. The molecule has 0 unspecified atom stereocenters. The van der Waals surface area contributed by atoms with Crippen molar-refractivity contribution in [2.75, 3.05) is 33.9 Å². The topological polar surface area (TPSA) is 33.7 Å². The van der Waals surface area contributed by atoms with Gasteiger partial charge in [-0.15, -0.1) is 12.4 Å². The lowest BCUT2D eigenvalue weighted by molar-refractivity contribution is 0.197. The number of methoxy groups -OCH3 is 2. The molecule has 1 aliphatic rings. The summed E-state index contributed by atoms with van der Waals surface area (Å²) in [5, 5.41) is 3.45. The van der Waals surface area contributed by atoms with Crippen molar-refractivity contribution < 1.29 is 9.47 Å². The third-order valence-corrected chi connectivity index (χ3v) is 3.33. The molecule has 0 radical (unpaired) electrons. The molecule has 4 nitrogen and oxygen atoms in total. The maximum atomic E-state index is 5.47. The lowest BCUT2D eigenvalue weighted by atomic mass is 10.1. The van der Waals surface area contributed by atoms with E-state index in [0.29, 0.717) is 6.04 Å². The van der Waals surface area contributed by atoms with E-state index in [4.69, 9.17) is 9.47 Å². The monoisotopic (exact) mass is 286 g/mol. The second-order valence-electron chi connectivity index (χ2n) is 4.74. The Bertz CT molecular complexity index is 401. The van der Waals surface area contributed by atoms with Gasteiger partial charge < -0.3 is 14.8 Å². The fraction of sp³-hybridized carbons (Fsp3) is 0.571. The number of piperazine rings is 1. The maximum absolute atomic E-state index is 5.47. The van der Waals surface area contributed by atoms with E-state index in [2.05, 4.69) is 23.2 Å². The molecular weight excluding hydrogens is 264 g/mol. The largest absolute Gasteiger partial charge is 0.493 e. The number of halogens is 1. The maximum Gasteiger partial charge on any atom is 0.165 e. The van der Waals surface area contributed by atoms with Crippen LogP contribution in [0, 0.1) is 0 Å². The van der Waals surface area contributed by atoms with Gasteiger partial charge in [-0.05, 0) is 13.0 Å². The van der Waals surface area contributed by atoms with Gasteiger partial charge in [0.05, 0.1) is 14.2 Å².